The summed E-state index contributed by atoms with van der Waals surface area (Å²) in [5.41, 5.74) is 2.32. The second-order valence-corrected chi connectivity index (χ2v) is 7.47. The second kappa shape index (κ2) is 9.17. The van der Waals surface area contributed by atoms with Gasteiger partial charge >= 0.3 is 0 Å². The smallest absolute Gasteiger partial charge is 0.254 e. The molecule has 0 saturated heterocycles. The predicted octanol–water partition coefficient (Wildman–Crippen LogP) is 2.74. The molecule has 0 aliphatic rings. The van der Waals surface area contributed by atoms with Gasteiger partial charge < -0.3 is 19.8 Å². The molecule has 176 valence electrons. The minimum atomic E-state index is -0.283. The molecular formula is C23H21N9O3. The fourth-order valence-corrected chi connectivity index (χ4v) is 3.61. The largest absolute Gasteiger partial charge is 0.491 e. The van der Waals surface area contributed by atoms with Crippen LogP contribution in [0.2, 0.25) is 0 Å². The van der Waals surface area contributed by atoms with Gasteiger partial charge in [0.15, 0.2) is 17.4 Å². The number of amides is 1. The summed E-state index contributed by atoms with van der Waals surface area (Å²) in [6.45, 7) is 2.04. The fraction of sp³-hybridized carbons (Fsp3) is 0.174. The monoisotopic (exact) mass is 471 g/mol. The van der Waals surface area contributed by atoms with E-state index >= 15 is 0 Å². The van der Waals surface area contributed by atoms with Crippen LogP contribution >= 0.6 is 0 Å². The van der Waals surface area contributed by atoms with E-state index in [0.29, 0.717) is 52.7 Å². The van der Waals surface area contributed by atoms with Crippen LogP contribution in [0.25, 0.3) is 22.4 Å². The van der Waals surface area contributed by atoms with Crippen molar-refractivity contribution in [2.24, 2.45) is 0 Å². The first-order valence-corrected chi connectivity index (χ1v) is 10.7. The molecule has 0 spiro atoms. The van der Waals surface area contributed by atoms with Gasteiger partial charge in [0.25, 0.3) is 5.91 Å². The molecular weight excluding hydrogens is 450 g/mol. The first kappa shape index (κ1) is 21.9. The summed E-state index contributed by atoms with van der Waals surface area (Å²) in [4.78, 5) is 25.5. The molecule has 5 rings (SSSR count). The molecule has 0 aliphatic carbocycles. The van der Waals surface area contributed by atoms with Crippen molar-refractivity contribution in [3.8, 4) is 17.3 Å². The molecule has 12 nitrogen and oxygen atoms in total. The van der Waals surface area contributed by atoms with Gasteiger partial charge in [-0.1, -0.05) is 18.2 Å². The number of carbonyl (C=O) groups excluding carboxylic acids is 1. The maximum atomic E-state index is 12.3. The highest BCUT2D eigenvalue weighted by Crippen LogP contribution is 2.31. The SMILES string of the molecule is CNC(=O)c1cnccc1Nc1nc(-c2nn(Cc3nnc(C)o3)c3ccccc23)ncc1OC. The van der Waals surface area contributed by atoms with Crippen molar-refractivity contribution in [3.05, 3.63) is 66.3 Å². The van der Waals surface area contributed by atoms with Crippen LogP contribution in [0.15, 0.2) is 53.3 Å². The average Bonchev–Trinajstić information content (AvgIpc) is 3.47. The molecule has 0 fully saturated rings. The van der Waals surface area contributed by atoms with Crippen LogP contribution in [0.4, 0.5) is 11.5 Å². The van der Waals surface area contributed by atoms with Crippen LogP contribution in [-0.2, 0) is 6.54 Å². The van der Waals surface area contributed by atoms with Crippen LogP contribution < -0.4 is 15.4 Å². The molecule has 2 N–H and O–H groups in total. The van der Waals surface area contributed by atoms with Gasteiger partial charge in [-0.3, -0.25) is 14.5 Å². The summed E-state index contributed by atoms with van der Waals surface area (Å²) in [5, 5.41) is 19.3. The molecule has 0 saturated carbocycles. The van der Waals surface area contributed by atoms with Crippen molar-refractivity contribution in [1.29, 1.82) is 0 Å². The lowest BCUT2D eigenvalue weighted by Gasteiger charge is -2.13. The molecule has 0 unspecified atom stereocenters. The third-order valence-electron chi connectivity index (χ3n) is 5.24. The molecule has 1 amide bonds. The highest BCUT2D eigenvalue weighted by Gasteiger charge is 2.19. The summed E-state index contributed by atoms with van der Waals surface area (Å²) in [5.74, 6) is 1.80. The van der Waals surface area contributed by atoms with Gasteiger partial charge in [0.05, 0.1) is 30.1 Å². The van der Waals surface area contributed by atoms with Crippen molar-refractivity contribution < 1.29 is 13.9 Å². The molecule has 5 aromatic rings. The number of benzene rings is 1. The minimum Gasteiger partial charge on any atom is -0.491 e. The van der Waals surface area contributed by atoms with E-state index in [1.54, 1.807) is 37.1 Å². The highest BCUT2D eigenvalue weighted by molar-refractivity contribution is 6.00. The Balaban J connectivity index is 1.57. The first-order valence-electron chi connectivity index (χ1n) is 10.7. The van der Waals surface area contributed by atoms with Gasteiger partial charge in [-0.05, 0) is 12.1 Å². The number of carbonyl (C=O) groups is 1. The van der Waals surface area contributed by atoms with E-state index in [0.717, 1.165) is 10.9 Å². The number of rotatable bonds is 7. The lowest BCUT2D eigenvalue weighted by molar-refractivity contribution is 0.0963. The van der Waals surface area contributed by atoms with Crippen LogP contribution in [0.1, 0.15) is 22.1 Å². The quantitative estimate of drug-likeness (QED) is 0.363. The zero-order chi connectivity index (χ0) is 24.4. The Morgan fingerprint density at radius 2 is 2.03 bits per heavy atom. The van der Waals surface area contributed by atoms with Crippen LogP contribution in [0.5, 0.6) is 5.75 Å². The number of para-hydroxylation sites is 1. The van der Waals surface area contributed by atoms with Crippen molar-refractivity contribution in [2.75, 3.05) is 19.5 Å². The van der Waals surface area contributed by atoms with Gasteiger partial charge in [-0.25, -0.2) is 9.97 Å². The number of methoxy groups -OCH3 is 1. The Morgan fingerprint density at radius 3 is 2.80 bits per heavy atom. The van der Waals surface area contributed by atoms with E-state index in [1.807, 2.05) is 24.3 Å². The standard InChI is InChI=1S/C23H21N9O3/c1-13-29-30-19(35-13)12-32-17-7-5-4-6-14(17)20(31-32)22-26-11-18(34-3)21(28-22)27-16-8-9-25-10-15(16)23(33)24-2/h4-11H,12H2,1-3H3,(H,24,33)(H,25,26,27,28). The topological polar surface area (TPSA) is 146 Å². The number of hydrogen-bond acceptors (Lipinski definition) is 10. The zero-order valence-electron chi connectivity index (χ0n) is 19.2. The van der Waals surface area contributed by atoms with Gasteiger partial charge in [0, 0.05) is 31.8 Å². The summed E-state index contributed by atoms with van der Waals surface area (Å²) >= 11 is 0. The van der Waals surface area contributed by atoms with E-state index in [1.165, 1.54) is 13.3 Å². The minimum absolute atomic E-state index is 0.283. The number of fused-ring (bicyclic) bond motifs is 1. The number of hydrogen-bond donors (Lipinski definition) is 2. The summed E-state index contributed by atoms with van der Waals surface area (Å²) < 4.78 is 12.7. The molecule has 1 aromatic carbocycles. The summed E-state index contributed by atoms with van der Waals surface area (Å²) in [6.07, 6.45) is 4.61. The maximum Gasteiger partial charge on any atom is 0.254 e. The molecule has 12 heteroatoms. The van der Waals surface area contributed by atoms with Crippen LogP contribution in [0, 0.1) is 6.92 Å². The van der Waals surface area contributed by atoms with E-state index in [2.05, 4.69) is 35.8 Å². The Labute approximate surface area is 199 Å². The summed E-state index contributed by atoms with van der Waals surface area (Å²) in [7, 11) is 3.08. The third-order valence-corrected chi connectivity index (χ3v) is 5.24. The molecule has 0 atom stereocenters. The van der Waals surface area contributed by atoms with Crippen molar-refractivity contribution in [1.82, 2.24) is 40.2 Å². The van der Waals surface area contributed by atoms with Gasteiger partial charge in [-0.15, -0.1) is 10.2 Å². The number of ether oxygens (including phenoxy) is 1. The number of aromatic nitrogens is 7. The number of aryl methyl sites for hydroxylation is 1. The van der Waals surface area contributed by atoms with E-state index in [-0.39, 0.29) is 5.91 Å². The Hall–Kier alpha value is -4.87. The van der Waals surface area contributed by atoms with Crippen molar-refractivity contribution in [2.45, 2.75) is 13.5 Å². The molecule has 0 radical (unpaired) electrons. The lowest BCUT2D eigenvalue weighted by atomic mass is 10.2. The third kappa shape index (κ3) is 4.24. The second-order valence-electron chi connectivity index (χ2n) is 7.47. The van der Waals surface area contributed by atoms with Crippen molar-refractivity contribution >= 4 is 28.3 Å². The fourth-order valence-electron chi connectivity index (χ4n) is 3.61. The Morgan fingerprint density at radius 1 is 1.17 bits per heavy atom. The Kier molecular flexibility index (Phi) is 5.75. The van der Waals surface area contributed by atoms with Gasteiger partial charge in [-0.2, -0.15) is 5.10 Å². The van der Waals surface area contributed by atoms with Crippen LogP contribution in [-0.4, -0.2) is 55.0 Å². The van der Waals surface area contributed by atoms with E-state index < -0.39 is 0 Å². The molecule has 0 aliphatic heterocycles. The van der Waals surface area contributed by atoms with E-state index in [4.69, 9.17) is 14.3 Å². The number of anilines is 2. The zero-order valence-corrected chi connectivity index (χ0v) is 19.2. The Bertz CT molecular complexity index is 1530. The number of nitrogens with zero attached hydrogens (tertiary/aromatic N) is 7. The predicted molar refractivity (Wildman–Crippen MR) is 126 cm³/mol. The number of nitrogens with one attached hydrogen (secondary N) is 2. The first-order chi connectivity index (χ1) is 17.1. The lowest BCUT2D eigenvalue weighted by Crippen LogP contribution is -2.19. The van der Waals surface area contributed by atoms with Crippen molar-refractivity contribution in [3.63, 3.8) is 0 Å². The average molecular weight is 471 g/mol. The highest BCUT2D eigenvalue weighted by atomic mass is 16.5. The van der Waals surface area contributed by atoms with Gasteiger partial charge in [0.1, 0.15) is 12.2 Å². The normalized spacial score (nSPS) is 10.9. The maximum absolute atomic E-state index is 12.3. The molecule has 0 bridgehead atoms. The van der Waals surface area contributed by atoms with E-state index in [9.17, 15) is 4.79 Å². The molecule has 35 heavy (non-hydrogen) atoms. The number of pyridine rings is 1. The van der Waals surface area contributed by atoms with Crippen LogP contribution in [0.3, 0.4) is 0 Å². The molecule has 4 heterocycles. The summed E-state index contributed by atoms with van der Waals surface area (Å²) in [6, 6.07) is 9.42. The molecule has 4 aromatic heterocycles. The van der Waals surface area contributed by atoms with Gasteiger partial charge in [0.2, 0.25) is 11.8 Å².